The Kier molecular flexibility index (Phi) is 5.46. The van der Waals surface area contributed by atoms with Gasteiger partial charge in [-0.25, -0.2) is 0 Å². The summed E-state index contributed by atoms with van der Waals surface area (Å²) in [5.74, 6) is 0.918. The number of hydrogen-bond acceptors (Lipinski definition) is 3. The van der Waals surface area contributed by atoms with Crippen LogP contribution in [-0.2, 0) is 11.3 Å². The largest absolute Gasteiger partial charge is 0.489 e. The van der Waals surface area contributed by atoms with Crippen LogP contribution in [-0.4, -0.2) is 12.1 Å². The van der Waals surface area contributed by atoms with Crippen LogP contribution in [0.2, 0.25) is 0 Å². The SMILES string of the molecule is COC(c1ccccn1)c1ccccc1COc1cc(C)ccc1C. The van der Waals surface area contributed by atoms with E-state index in [0.29, 0.717) is 6.61 Å². The zero-order valence-electron chi connectivity index (χ0n) is 14.9. The summed E-state index contributed by atoms with van der Waals surface area (Å²) in [6, 6.07) is 20.3. The Bertz CT molecular complexity index is 830. The van der Waals surface area contributed by atoms with Gasteiger partial charge in [0.2, 0.25) is 0 Å². The van der Waals surface area contributed by atoms with Crippen molar-refractivity contribution in [3.05, 3.63) is 94.8 Å². The summed E-state index contributed by atoms with van der Waals surface area (Å²) in [6.45, 7) is 4.63. The summed E-state index contributed by atoms with van der Waals surface area (Å²) >= 11 is 0. The Morgan fingerprint density at radius 1 is 0.960 bits per heavy atom. The summed E-state index contributed by atoms with van der Waals surface area (Å²) in [5.41, 5.74) is 5.40. The number of nitrogens with zero attached hydrogens (tertiary/aromatic N) is 1. The number of ether oxygens (including phenoxy) is 2. The molecule has 2 aromatic carbocycles. The lowest BCUT2D eigenvalue weighted by atomic mass is 10.00. The van der Waals surface area contributed by atoms with Crippen molar-refractivity contribution in [2.75, 3.05) is 7.11 Å². The maximum Gasteiger partial charge on any atom is 0.124 e. The van der Waals surface area contributed by atoms with Crippen molar-refractivity contribution < 1.29 is 9.47 Å². The number of benzene rings is 2. The monoisotopic (exact) mass is 333 g/mol. The van der Waals surface area contributed by atoms with E-state index >= 15 is 0 Å². The van der Waals surface area contributed by atoms with Crippen LogP contribution in [0.3, 0.4) is 0 Å². The summed E-state index contributed by atoms with van der Waals surface area (Å²) in [4.78, 5) is 4.45. The minimum Gasteiger partial charge on any atom is -0.489 e. The molecule has 0 aliphatic rings. The van der Waals surface area contributed by atoms with E-state index in [2.05, 4.69) is 49.2 Å². The molecule has 3 nitrogen and oxygen atoms in total. The minimum atomic E-state index is -0.209. The third-order valence-electron chi connectivity index (χ3n) is 4.26. The van der Waals surface area contributed by atoms with E-state index < -0.39 is 0 Å². The molecular formula is C22H23NO2. The van der Waals surface area contributed by atoms with Crippen LogP contribution in [0.4, 0.5) is 0 Å². The zero-order chi connectivity index (χ0) is 17.6. The van der Waals surface area contributed by atoms with Crippen molar-refractivity contribution in [2.24, 2.45) is 0 Å². The molecule has 3 aromatic rings. The van der Waals surface area contributed by atoms with Gasteiger partial charge in [0.25, 0.3) is 0 Å². The second-order valence-electron chi connectivity index (χ2n) is 6.13. The first-order valence-corrected chi connectivity index (χ1v) is 8.40. The van der Waals surface area contributed by atoms with Crippen molar-refractivity contribution in [1.82, 2.24) is 4.98 Å². The second kappa shape index (κ2) is 7.95. The van der Waals surface area contributed by atoms with Gasteiger partial charge < -0.3 is 9.47 Å². The maximum atomic E-state index is 6.10. The molecule has 0 N–H and O–H groups in total. The summed E-state index contributed by atoms with van der Waals surface area (Å²) < 4.78 is 11.8. The number of aromatic nitrogens is 1. The highest BCUT2D eigenvalue weighted by molar-refractivity contribution is 5.37. The smallest absolute Gasteiger partial charge is 0.124 e. The highest BCUT2D eigenvalue weighted by Crippen LogP contribution is 2.28. The molecule has 0 radical (unpaired) electrons. The molecule has 0 aliphatic heterocycles. The highest BCUT2D eigenvalue weighted by Gasteiger charge is 2.18. The first-order chi connectivity index (χ1) is 12.2. The van der Waals surface area contributed by atoms with E-state index in [0.717, 1.165) is 28.1 Å². The first kappa shape index (κ1) is 17.2. The van der Waals surface area contributed by atoms with E-state index in [1.165, 1.54) is 5.56 Å². The van der Waals surface area contributed by atoms with Gasteiger partial charge in [-0.15, -0.1) is 0 Å². The van der Waals surface area contributed by atoms with Crippen LogP contribution < -0.4 is 4.74 Å². The summed E-state index contributed by atoms with van der Waals surface area (Å²) in [5, 5.41) is 0. The molecule has 1 heterocycles. The fourth-order valence-corrected chi connectivity index (χ4v) is 2.88. The molecule has 0 aliphatic carbocycles. The first-order valence-electron chi connectivity index (χ1n) is 8.40. The van der Waals surface area contributed by atoms with Crippen molar-refractivity contribution in [1.29, 1.82) is 0 Å². The van der Waals surface area contributed by atoms with Crippen molar-refractivity contribution >= 4 is 0 Å². The number of aryl methyl sites for hydroxylation is 2. The molecule has 0 bridgehead atoms. The number of methoxy groups -OCH3 is 1. The molecule has 3 heteroatoms. The summed E-state index contributed by atoms with van der Waals surface area (Å²) in [7, 11) is 1.71. The molecule has 3 rings (SSSR count). The fourth-order valence-electron chi connectivity index (χ4n) is 2.88. The third kappa shape index (κ3) is 4.06. The van der Waals surface area contributed by atoms with Gasteiger partial charge in [-0.3, -0.25) is 4.98 Å². The van der Waals surface area contributed by atoms with Gasteiger partial charge in [0, 0.05) is 13.3 Å². The molecule has 1 atom stereocenters. The quantitative estimate of drug-likeness (QED) is 0.635. The Morgan fingerprint density at radius 2 is 1.76 bits per heavy atom. The number of hydrogen-bond donors (Lipinski definition) is 0. The lowest BCUT2D eigenvalue weighted by Crippen LogP contribution is -2.10. The topological polar surface area (TPSA) is 31.4 Å². The predicted molar refractivity (Wildman–Crippen MR) is 99.8 cm³/mol. The van der Waals surface area contributed by atoms with E-state index in [9.17, 15) is 0 Å². The second-order valence-corrected chi connectivity index (χ2v) is 6.13. The van der Waals surface area contributed by atoms with Gasteiger partial charge in [-0.2, -0.15) is 0 Å². The Hall–Kier alpha value is -2.65. The molecule has 0 amide bonds. The van der Waals surface area contributed by atoms with Gasteiger partial charge in [0.05, 0.1) is 5.69 Å². The predicted octanol–water partition coefficient (Wildman–Crippen LogP) is 5.01. The highest BCUT2D eigenvalue weighted by atomic mass is 16.5. The van der Waals surface area contributed by atoms with Crippen LogP contribution in [0, 0.1) is 13.8 Å². The lowest BCUT2D eigenvalue weighted by Gasteiger charge is -2.19. The molecule has 128 valence electrons. The average Bonchev–Trinajstić information content (AvgIpc) is 2.65. The minimum absolute atomic E-state index is 0.209. The van der Waals surface area contributed by atoms with E-state index in [1.54, 1.807) is 13.3 Å². The fraction of sp³-hybridized carbons (Fsp3) is 0.227. The Balaban J connectivity index is 1.87. The number of pyridine rings is 1. The van der Waals surface area contributed by atoms with Gasteiger partial charge >= 0.3 is 0 Å². The van der Waals surface area contributed by atoms with E-state index in [4.69, 9.17) is 9.47 Å². The van der Waals surface area contributed by atoms with Gasteiger partial charge in [-0.05, 0) is 54.3 Å². The van der Waals surface area contributed by atoms with Crippen LogP contribution in [0.1, 0.15) is 34.1 Å². The maximum absolute atomic E-state index is 6.10. The zero-order valence-corrected chi connectivity index (χ0v) is 14.9. The van der Waals surface area contributed by atoms with Crippen LogP contribution in [0.5, 0.6) is 5.75 Å². The average molecular weight is 333 g/mol. The molecule has 1 aromatic heterocycles. The molecule has 0 saturated heterocycles. The number of rotatable bonds is 6. The molecule has 1 unspecified atom stereocenters. The molecule has 0 fully saturated rings. The standard InChI is InChI=1S/C22H23NO2/c1-16-11-12-17(2)21(14-16)25-15-18-8-4-5-9-19(18)22(24-3)20-10-6-7-13-23-20/h4-14,22H,15H2,1-3H3. The van der Waals surface area contributed by atoms with Gasteiger partial charge in [0.1, 0.15) is 18.5 Å². The lowest BCUT2D eigenvalue weighted by molar-refractivity contribution is 0.131. The molecular weight excluding hydrogens is 310 g/mol. The normalized spacial score (nSPS) is 12.0. The van der Waals surface area contributed by atoms with Crippen molar-refractivity contribution in [3.63, 3.8) is 0 Å². The van der Waals surface area contributed by atoms with Gasteiger partial charge in [-0.1, -0.05) is 42.5 Å². The summed E-state index contributed by atoms with van der Waals surface area (Å²) in [6.07, 6.45) is 1.58. The molecule has 25 heavy (non-hydrogen) atoms. The molecule has 0 saturated carbocycles. The third-order valence-corrected chi connectivity index (χ3v) is 4.26. The Morgan fingerprint density at radius 3 is 2.52 bits per heavy atom. The van der Waals surface area contributed by atoms with Crippen LogP contribution in [0.15, 0.2) is 66.9 Å². The van der Waals surface area contributed by atoms with Crippen molar-refractivity contribution in [2.45, 2.75) is 26.6 Å². The van der Waals surface area contributed by atoms with Gasteiger partial charge in [0.15, 0.2) is 0 Å². The van der Waals surface area contributed by atoms with Crippen LogP contribution >= 0.6 is 0 Å². The molecule has 0 spiro atoms. The van der Waals surface area contributed by atoms with Crippen molar-refractivity contribution in [3.8, 4) is 5.75 Å². The Labute approximate surface area is 149 Å². The van der Waals surface area contributed by atoms with Crippen LogP contribution in [0.25, 0.3) is 0 Å². The van der Waals surface area contributed by atoms with E-state index in [-0.39, 0.29) is 6.10 Å². The van der Waals surface area contributed by atoms with E-state index in [1.807, 2.05) is 30.3 Å².